The molecule has 1 aliphatic rings. The fraction of sp³-hybridized carbons (Fsp3) is 0.172. The molecule has 4 aromatic rings. The molecular formula is C29H24ClNO3. The molecule has 0 aliphatic carbocycles. The number of aliphatic hydroxyl groups is 1. The zero-order valence-electron chi connectivity index (χ0n) is 19.0. The summed E-state index contributed by atoms with van der Waals surface area (Å²) in [6.45, 7) is 4.09. The Morgan fingerprint density at radius 3 is 2.53 bits per heavy atom. The van der Waals surface area contributed by atoms with Crippen LogP contribution >= 0.6 is 11.6 Å². The Morgan fingerprint density at radius 1 is 0.971 bits per heavy atom. The van der Waals surface area contributed by atoms with Crippen molar-refractivity contribution < 1.29 is 14.7 Å². The van der Waals surface area contributed by atoms with Gasteiger partial charge < -0.3 is 10.0 Å². The highest BCUT2D eigenvalue weighted by Crippen LogP contribution is 2.45. The fourth-order valence-corrected chi connectivity index (χ4v) is 5.08. The smallest absolute Gasteiger partial charge is 0.264 e. The third-order valence-corrected chi connectivity index (χ3v) is 6.84. The topological polar surface area (TPSA) is 57.6 Å². The Balaban J connectivity index is 1.55. The molecule has 0 saturated heterocycles. The van der Waals surface area contributed by atoms with Crippen molar-refractivity contribution in [2.24, 2.45) is 0 Å². The first-order valence-electron chi connectivity index (χ1n) is 11.2. The highest BCUT2D eigenvalue weighted by atomic mass is 35.5. The van der Waals surface area contributed by atoms with Crippen LogP contribution in [0.25, 0.3) is 10.8 Å². The number of amides is 1. The highest BCUT2D eigenvalue weighted by Gasteiger charge is 2.51. The van der Waals surface area contributed by atoms with Crippen LogP contribution in [0.4, 0.5) is 5.69 Å². The summed E-state index contributed by atoms with van der Waals surface area (Å²) < 4.78 is 0. The molecule has 1 N–H and O–H groups in total. The first-order chi connectivity index (χ1) is 16.3. The lowest BCUT2D eigenvalue weighted by Gasteiger charge is -2.23. The van der Waals surface area contributed by atoms with E-state index in [1.165, 1.54) is 0 Å². The number of benzene rings is 4. The lowest BCUT2D eigenvalue weighted by molar-refractivity contribution is -0.136. The molecule has 0 aromatic heterocycles. The number of nitrogens with zero attached hydrogens (tertiary/aromatic N) is 1. The molecule has 1 amide bonds. The van der Waals surface area contributed by atoms with Crippen molar-refractivity contribution in [2.75, 3.05) is 4.90 Å². The minimum absolute atomic E-state index is 0.273. The molecule has 5 rings (SSSR count). The zero-order chi connectivity index (χ0) is 24.0. The molecule has 170 valence electrons. The molecule has 0 saturated carbocycles. The second-order valence-corrected chi connectivity index (χ2v) is 9.41. The maximum absolute atomic E-state index is 13.7. The number of hydrogen-bond donors (Lipinski definition) is 1. The normalized spacial score (nSPS) is 17.3. The summed E-state index contributed by atoms with van der Waals surface area (Å²) in [5.74, 6) is -0.804. The first kappa shape index (κ1) is 22.3. The standard InChI is InChI=1S/C29H24ClNO3/c1-18-10-12-23(19(2)14-18)27(32)16-29(34)25-15-22(30)11-13-26(25)31(28(29)33)17-21-8-5-7-20-6-3-4-9-24(20)21/h3-15,34H,16-17H2,1-2H3. The van der Waals surface area contributed by atoms with Gasteiger partial charge in [0.1, 0.15) is 0 Å². The van der Waals surface area contributed by atoms with E-state index in [1.807, 2.05) is 68.4 Å². The minimum atomic E-state index is -1.99. The van der Waals surface area contributed by atoms with Crippen LogP contribution in [0.5, 0.6) is 0 Å². The summed E-state index contributed by atoms with van der Waals surface area (Å²) in [6, 6.07) is 24.5. The monoisotopic (exact) mass is 469 g/mol. The van der Waals surface area contributed by atoms with Gasteiger partial charge in [-0.15, -0.1) is 0 Å². The van der Waals surface area contributed by atoms with Gasteiger partial charge in [0.25, 0.3) is 5.91 Å². The van der Waals surface area contributed by atoms with Gasteiger partial charge in [-0.05, 0) is 53.9 Å². The number of Topliss-reactive ketones (excluding diaryl/α,β-unsaturated/α-hetero) is 1. The van der Waals surface area contributed by atoms with Crippen molar-refractivity contribution in [3.8, 4) is 0 Å². The Kier molecular flexibility index (Phi) is 5.51. The van der Waals surface area contributed by atoms with E-state index in [0.717, 1.165) is 27.5 Å². The van der Waals surface area contributed by atoms with E-state index in [2.05, 4.69) is 0 Å². The van der Waals surface area contributed by atoms with Crippen molar-refractivity contribution in [1.29, 1.82) is 0 Å². The van der Waals surface area contributed by atoms with E-state index < -0.39 is 11.5 Å². The number of ketones is 1. The van der Waals surface area contributed by atoms with Crippen LogP contribution in [-0.4, -0.2) is 16.8 Å². The molecule has 0 radical (unpaired) electrons. The summed E-state index contributed by atoms with van der Waals surface area (Å²) in [5.41, 5.74) is 2.27. The number of rotatable bonds is 5. The molecule has 1 aliphatic heterocycles. The molecule has 1 unspecified atom stereocenters. The summed E-state index contributed by atoms with van der Waals surface area (Å²) >= 11 is 6.25. The number of carbonyl (C=O) groups is 2. The molecule has 34 heavy (non-hydrogen) atoms. The van der Waals surface area contributed by atoms with E-state index in [1.54, 1.807) is 29.2 Å². The summed E-state index contributed by atoms with van der Waals surface area (Å²) in [6.07, 6.45) is -0.352. The third kappa shape index (κ3) is 3.69. The number of aryl methyl sites for hydroxylation is 2. The number of halogens is 1. The molecule has 4 aromatic carbocycles. The zero-order valence-corrected chi connectivity index (χ0v) is 19.8. The molecule has 1 heterocycles. The summed E-state index contributed by atoms with van der Waals surface area (Å²) in [4.78, 5) is 28.5. The van der Waals surface area contributed by atoms with Crippen molar-refractivity contribution in [3.05, 3.63) is 112 Å². The lowest BCUT2D eigenvalue weighted by Crippen LogP contribution is -2.41. The summed E-state index contributed by atoms with van der Waals surface area (Å²) in [7, 11) is 0. The average molecular weight is 470 g/mol. The molecule has 0 bridgehead atoms. The second kappa shape index (κ2) is 8.39. The maximum atomic E-state index is 13.7. The van der Waals surface area contributed by atoms with Gasteiger partial charge in [-0.25, -0.2) is 0 Å². The van der Waals surface area contributed by atoms with Crippen LogP contribution in [0.3, 0.4) is 0 Å². The quantitative estimate of drug-likeness (QED) is 0.358. The van der Waals surface area contributed by atoms with Crippen LogP contribution < -0.4 is 4.90 Å². The van der Waals surface area contributed by atoms with Gasteiger partial charge in [0, 0.05) is 16.1 Å². The van der Waals surface area contributed by atoms with Gasteiger partial charge in [-0.1, -0.05) is 77.8 Å². The second-order valence-electron chi connectivity index (χ2n) is 8.97. The van der Waals surface area contributed by atoms with Gasteiger partial charge in [0.05, 0.1) is 18.7 Å². The molecule has 0 spiro atoms. The lowest BCUT2D eigenvalue weighted by atomic mass is 9.87. The van der Waals surface area contributed by atoms with E-state index >= 15 is 0 Å². The number of fused-ring (bicyclic) bond motifs is 2. The SMILES string of the molecule is Cc1ccc(C(=O)CC2(O)C(=O)N(Cc3cccc4ccccc34)c3ccc(Cl)cc32)c(C)c1. The van der Waals surface area contributed by atoms with E-state index in [-0.39, 0.29) is 18.7 Å². The van der Waals surface area contributed by atoms with Crippen LogP contribution in [0.15, 0.2) is 78.9 Å². The Hall–Kier alpha value is -3.47. The molecule has 0 fully saturated rings. The first-order valence-corrected chi connectivity index (χ1v) is 11.6. The summed E-state index contributed by atoms with van der Waals surface area (Å²) in [5, 5.41) is 14.2. The molecule has 4 nitrogen and oxygen atoms in total. The molecule has 5 heteroatoms. The fourth-order valence-electron chi connectivity index (χ4n) is 4.91. The van der Waals surface area contributed by atoms with Gasteiger partial charge >= 0.3 is 0 Å². The van der Waals surface area contributed by atoms with Gasteiger partial charge in [0.2, 0.25) is 0 Å². The number of anilines is 1. The Bertz CT molecular complexity index is 1460. The predicted octanol–water partition coefficient (Wildman–Crippen LogP) is 6.12. The van der Waals surface area contributed by atoms with Crippen molar-refractivity contribution in [1.82, 2.24) is 0 Å². The largest absolute Gasteiger partial charge is 0.375 e. The average Bonchev–Trinajstić information content (AvgIpc) is 3.00. The van der Waals surface area contributed by atoms with Crippen molar-refractivity contribution >= 4 is 39.8 Å². The number of hydrogen-bond acceptors (Lipinski definition) is 3. The van der Waals surface area contributed by atoms with E-state index in [0.29, 0.717) is 21.8 Å². The van der Waals surface area contributed by atoms with Gasteiger partial charge in [-0.3, -0.25) is 9.59 Å². The van der Waals surface area contributed by atoms with Gasteiger partial charge in [0.15, 0.2) is 11.4 Å². The highest BCUT2D eigenvalue weighted by molar-refractivity contribution is 6.31. The molecule has 1 atom stereocenters. The van der Waals surface area contributed by atoms with Crippen LogP contribution in [-0.2, 0) is 16.9 Å². The van der Waals surface area contributed by atoms with Crippen LogP contribution in [0.2, 0.25) is 5.02 Å². The van der Waals surface area contributed by atoms with Gasteiger partial charge in [-0.2, -0.15) is 0 Å². The van der Waals surface area contributed by atoms with Crippen molar-refractivity contribution in [3.63, 3.8) is 0 Å². The maximum Gasteiger partial charge on any atom is 0.264 e. The minimum Gasteiger partial charge on any atom is -0.375 e. The Labute approximate surface area is 203 Å². The molecular weight excluding hydrogens is 446 g/mol. The predicted molar refractivity (Wildman–Crippen MR) is 135 cm³/mol. The Morgan fingerprint density at radius 2 is 1.74 bits per heavy atom. The number of carbonyl (C=O) groups excluding carboxylic acids is 2. The van der Waals surface area contributed by atoms with Crippen molar-refractivity contribution in [2.45, 2.75) is 32.4 Å². The van der Waals surface area contributed by atoms with Crippen LogP contribution in [0.1, 0.15) is 39.0 Å². The van der Waals surface area contributed by atoms with E-state index in [9.17, 15) is 14.7 Å². The van der Waals surface area contributed by atoms with Crippen LogP contribution in [0, 0.1) is 13.8 Å². The third-order valence-electron chi connectivity index (χ3n) is 6.60. The van der Waals surface area contributed by atoms with E-state index in [4.69, 9.17) is 11.6 Å².